The molecule has 1 rings (SSSR count). The van der Waals surface area contributed by atoms with Gasteiger partial charge in [0.25, 0.3) is 0 Å². The molecule has 0 aliphatic carbocycles. The zero-order valence-electron chi connectivity index (χ0n) is 10.6. The molecule has 0 aromatic carbocycles. The molecule has 0 bridgehead atoms. The van der Waals surface area contributed by atoms with Crippen LogP contribution < -0.4 is 5.32 Å². The highest BCUT2D eigenvalue weighted by Gasteiger charge is 2.25. The Bertz CT molecular complexity index is 343. The molecule has 1 amide bonds. The van der Waals surface area contributed by atoms with E-state index in [1.54, 1.807) is 11.3 Å². The van der Waals surface area contributed by atoms with Crippen molar-refractivity contribution in [2.24, 2.45) is 5.41 Å². The first kappa shape index (κ1) is 14.7. The lowest BCUT2D eigenvalue weighted by Crippen LogP contribution is -2.44. The minimum Gasteiger partial charge on any atom is -0.353 e. The minimum absolute atomic E-state index is 0.0953. The van der Waals surface area contributed by atoms with Crippen LogP contribution in [0.2, 0.25) is 0 Å². The summed E-state index contributed by atoms with van der Waals surface area (Å²) in [5.41, 5.74) is 1.19. The molecule has 1 atom stereocenters. The molecule has 0 aliphatic heterocycles. The van der Waals surface area contributed by atoms with Crippen LogP contribution in [-0.2, 0) is 11.2 Å². The molecular formula is C13H20BrNOS. The van der Waals surface area contributed by atoms with E-state index in [9.17, 15) is 4.79 Å². The molecule has 0 spiro atoms. The summed E-state index contributed by atoms with van der Waals surface area (Å²) < 4.78 is 0. The predicted octanol–water partition coefficient (Wildman–Crippen LogP) is 3.61. The number of amides is 1. The Morgan fingerprint density at radius 2 is 2.24 bits per heavy atom. The minimum atomic E-state index is 0.0953. The van der Waals surface area contributed by atoms with Crippen LogP contribution >= 0.6 is 27.3 Å². The zero-order valence-corrected chi connectivity index (χ0v) is 13.0. The number of thiophene rings is 1. The van der Waals surface area contributed by atoms with Gasteiger partial charge in [0.05, 0.1) is 6.42 Å². The van der Waals surface area contributed by atoms with Crippen molar-refractivity contribution in [3.63, 3.8) is 0 Å². The topological polar surface area (TPSA) is 29.1 Å². The van der Waals surface area contributed by atoms with E-state index in [1.807, 2.05) is 16.8 Å². The van der Waals surface area contributed by atoms with Gasteiger partial charge in [0.2, 0.25) is 5.91 Å². The average Bonchev–Trinajstić information content (AvgIpc) is 2.68. The maximum atomic E-state index is 11.9. The number of hydrogen-bond acceptors (Lipinski definition) is 2. The monoisotopic (exact) mass is 317 g/mol. The van der Waals surface area contributed by atoms with Gasteiger partial charge in [-0.2, -0.15) is 11.3 Å². The van der Waals surface area contributed by atoms with E-state index >= 15 is 0 Å². The van der Waals surface area contributed by atoms with Crippen LogP contribution in [0.5, 0.6) is 0 Å². The number of alkyl halides is 1. The van der Waals surface area contributed by atoms with Crippen LogP contribution in [0, 0.1) is 5.41 Å². The highest BCUT2D eigenvalue weighted by Crippen LogP contribution is 2.22. The van der Waals surface area contributed by atoms with E-state index in [1.165, 1.54) is 0 Å². The van der Waals surface area contributed by atoms with Crippen molar-refractivity contribution in [1.29, 1.82) is 0 Å². The summed E-state index contributed by atoms with van der Waals surface area (Å²) in [7, 11) is 0. The van der Waals surface area contributed by atoms with Crippen LogP contribution in [0.25, 0.3) is 0 Å². The Hall–Kier alpha value is -0.350. The SMILES string of the molecule is CC(C)(C)C(CCBr)NC(=O)Cc1ccsc1. The Morgan fingerprint density at radius 3 is 2.71 bits per heavy atom. The molecule has 1 heterocycles. The summed E-state index contributed by atoms with van der Waals surface area (Å²) in [6.45, 7) is 6.47. The van der Waals surface area contributed by atoms with Gasteiger partial charge in [0.1, 0.15) is 0 Å². The zero-order chi connectivity index (χ0) is 12.9. The van der Waals surface area contributed by atoms with Crippen molar-refractivity contribution in [2.45, 2.75) is 39.7 Å². The second kappa shape index (κ2) is 6.55. The lowest BCUT2D eigenvalue weighted by molar-refractivity contribution is -0.121. The van der Waals surface area contributed by atoms with E-state index in [0.717, 1.165) is 17.3 Å². The Morgan fingerprint density at radius 1 is 1.53 bits per heavy atom. The largest absolute Gasteiger partial charge is 0.353 e. The first-order chi connectivity index (χ1) is 7.93. The summed E-state index contributed by atoms with van der Waals surface area (Å²) in [6, 6.07) is 2.22. The first-order valence-electron chi connectivity index (χ1n) is 5.80. The van der Waals surface area contributed by atoms with E-state index < -0.39 is 0 Å². The summed E-state index contributed by atoms with van der Waals surface area (Å²) >= 11 is 5.07. The van der Waals surface area contributed by atoms with Crippen LogP contribution in [0.1, 0.15) is 32.8 Å². The molecule has 17 heavy (non-hydrogen) atoms. The molecule has 1 aromatic heterocycles. The number of hydrogen-bond donors (Lipinski definition) is 1. The number of carbonyl (C=O) groups is 1. The molecule has 4 heteroatoms. The number of carbonyl (C=O) groups excluding carboxylic acids is 1. The number of nitrogens with one attached hydrogen (secondary N) is 1. The standard InChI is InChI=1S/C13H20BrNOS/c1-13(2,3)11(4-6-14)15-12(16)8-10-5-7-17-9-10/h5,7,9,11H,4,6,8H2,1-3H3,(H,15,16). The lowest BCUT2D eigenvalue weighted by Gasteiger charge is -2.31. The predicted molar refractivity (Wildman–Crippen MR) is 77.8 cm³/mol. The van der Waals surface area contributed by atoms with E-state index in [0.29, 0.717) is 6.42 Å². The van der Waals surface area contributed by atoms with Crippen LogP contribution in [-0.4, -0.2) is 17.3 Å². The summed E-state index contributed by atoms with van der Waals surface area (Å²) in [5, 5.41) is 8.07. The third-order valence-corrected chi connectivity index (χ3v) is 3.91. The average molecular weight is 318 g/mol. The fraction of sp³-hybridized carbons (Fsp3) is 0.615. The molecule has 0 aliphatic rings. The third kappa shape index (κ3) is 5.21. The molecule has 0 radical (unpaired) electrons. The van der Waals surface area contributed by atoms with Gasteiger partial charge < -0.3 is 5.32 Å². The van der Waals surface area contributed by atoms with Gasteiger partial charge in [-0.3, -0.25) is 4.79 Å². The molecule has 1 unspecified atom stereocenters. The highest BCUT2D eigenvalue weighted by molar-refractivity contribution is 9.09. The highest BCUT2D eigenvalue weighted by atomic mass is 79.9. The Labute approximate surface area is 116 Å². The molecular weight excluding hydrogens is 298 g/mol. The van der Waals surface area contributed by atoms with Gasteiger partial charge in [-0.25, -0.2) is 0 Å². The van der Waals surface area contributed by atoms with Gasteiger partial charge in [-0.15, -0.1) is 0 Å². The van der Waals surface area contributed by atoms with Crippen LogP contribution in [0.15, 0.2) is 16.8 Å². The molecule has 1 aromatic rings. The van der Waals surface area contributed by atoms with Crippen molar-refractivity contribution in [1.82, 2.24) is 5.32 Å². The summed E-state index contributed by atoms with van der Waals surface area (Å²) in [6.07, 6.45) is 1.44. The van der Waals surface area contributed by atoms with E-state index in [4.69, 9.17) is 0 Å². The molecule has 0 saturated heterocycles. The maximum Gasteiger partial charge on any atom is 0.224 e. The van der Waals surface area contributed by atoms with Gasteiger partial charge in [-0.1, -0.05) is 36.7 Å². The second-order valence-electron chi connectivity index (χ2n) is 5.27. The molecule has 0 fully saturated rings. The smallest absolute Gasteiger partial charge is 0.224 e. The number of halogens is 1. The Balaban J connectivity index is 2.52. The van der Waals surface area contributed by atoms with Crippen molar-refractivity contribution in [2.75, 3.05) is 5.33 Å². The third-order valence-electron chi connectivity index (χ3n) is 2.72. The van der Waals surface area contributed by atoms with Crippen LogP contribution in [0.4, 0.5) is 0 Å². The van der Waals surface area contributed by atoms with Crippen molar-refractivity contribution in [3.05, 3.63) is 22.4 Å². The maximum absolute atomic E-state index is 11.9. The summed E-state index contributed by atoms with van der Waals surface area (Å²) in [4.78, 5) is 11.9. The van der Waals surface area contributed by atoms with Gasteiger partial charge in [0, 0.05) is 11.4 Å². The molecule has 0 saturated carbocycles. The Kier molecular flexibility index (Phi) is 5.67. The molecule has 2 nitrogen and oxygen atoms in total. The quantitative estimate of drug-likeness (QED) is 0.826. The molecule has 1 N–H and O–H groups in total. The molecule has 96 valence electrons. The van der Waals surface area contributed by atoms with E-state index in [2.05, 4.69) is 42.0 Å². The normalized spacial score (nSPS) is 13.4. The second-order valence-corrected chi connectivity index (χ2v) is 6.85. The fourth-order valence-electron chi connectivity index (χ4n) is 1.65. The van der Waals surface area contributed by atoms with Gasteiger partial charge in [-0.05, 0) is 34.2 Å². The number of rotatable bonds is 5. The van der Waals surface area contributed by atoms with Crippen molar-refractivity contribution in [3.8, 4) is 0 Å². The first-order valence-corrected chi connectivity index (χ1v) is 7.86. The summed E-state index contributed by atoms with van der Waals surface area (Å²) in [5.74, 6) is 0.115. The van der Waals surface area contributed by atoms with Crippen molar-refractivity contribution < 1.29 is 4.79 Å². The van der Waals surface area contributed by atoms with Crippen LogP contribution in [0.3, 0.4) is 0 Å². The fourth-order valence-corrected chi connectivity index (χ4v) is 2.78. The van der Waals surface area contributed by atoms with E-state index in [-0.39, 0.29) is 17.4 Å². The van der Waals surface area contributed by atoms with Crippen molar-refractivity contribution >= 4 is 33.2 Å². The lowest BCUT2D eigenvalue weighted by atomic mass is 9.85. The van der Waals surface area contributed by atoms with Gasteiger partial charge in [0.15, 0.2) is 0 Å². The van der Waals surface area contributed by atoms with Gasteiger partial charge >= 0.3 is 0 Å².